The summed E-state index contributed by atoms with van der Waals surface area (Å²) < 4.78 is 13.4. The average molecular weight is 356 g/mol. The lowest BCUT2D eigenvalue weighted by Crippen LogP contribution is -2.39. The molecule has 2 aliphatic heterocycles. The Morgan fingerprint density at radius 3 is 2.85 bits per heavy atom. The summed E-state index contributed by atoms with van der Waals surface area (Å²) >= 11 is 0. The molecule has 1 N–H and O–H groups in total. The van der Waals surface area contributed by atoms with E-state index in [2.05, 4.69) is 14.9 Å². The van der Waals surface area contributed by atoms with E-state index in [0.29, 0.717) is 25.3 Å². The summed E-state index contributed by atoms with van der Waals surface area (Å²) in [7, 11) is 0. The van der Waals surface area contributed by atoms with Gasteiger partial charge in [0.05, 0.1) is 17.9 Å². The number of nitrogens with one attached hydrogen (secondary N) is 1. The number of H-pyrrole nitrogens is 1. The van der Waals surface area contributed by atoms with Gasteiger partial charge in [0, 0.05) is 31.5 Å². The van der Waals surface area contributed by atoms with E-state index in [-0.39, 0.29) is 11.7 Å². The molecule has 0 saturated carbocycles. The zero-order chi connectivity index (χ0) is 17.9. The summed E-state index contributed by atoms with van der Waals surface area (Å²) in [5.74, 6) is 0.617. The van der Waals surface area contributed by atoms with Crippen molar-refractivity contribution in [2.75, 3.05) is 26.2 Å². The summed E-state index contributed by atoms with van der Waals surface area (Å²) in [6.45, 7) is 4.37. The highest BCUT2D eigenvalue weighted by molar-refractivity contribution is 5.76. The largest absolute Gasteiger partial charge is 0.340 e. The van der Waals surface area contributed by atoms with Crippen LogP contribution in [0.25, 0.3) is 11.4 Å². The predicted molar refractivity (Wildman–Crippen MR) is 98.0 cm³/mol. The molecular formula is C20H25FN4O. The third-order valence-electron chi connectivity index (χ3n) is 5.37. The number of likely N-dealkylation sites (tertiary alicyclic amines) is 1. The lowest BCUT2D eigenvalue weighted by molar-refractivity contribution is -0.132. The Balaban J connectivity index is 1.38. The Bertz CT molecular complexity index is 782. The Labute approximate surface area is 153 Å². The number of rotatable bonds is 4. The Hall–Kier alpha value is -2.21. The lowest BCUT2D eigenvalue weighted by atomic mass is 10.1. The summed E-state index contributed by atoms with van der Waals surface area (Å²) in [6, 6.07) is 6.43. The van der Waals surface area contributed by atoms with Gasteiger partial charge in [-0.2, -0.15) is 0 Å². The number of carbonyl (C=O) groups is 1. The first-order valence-corrected chi connectivity index (χ1v) is 9.53. The SMILES string of the molecule is O=C(CCN1CCCCC1)N1CCc2nc(-c3cccc(F)c3)[nH]c2C1. The van der Waals surface area contributed by atoms with E-state index in [0.717, 1.165) is 43.0 Å². The zero-order valence-electron chi connectivity index (χ0n) is 15.0. The van der Waals surface area contributed by atoms with Gasteiger partial charge in [0.1, 0.15) is 11.6 Å². The fourth-order valence-corrected chi connectivity index (χ4v) is 3.87. The van der Waals surface area contributed by atoms with Gasteiger partial charge in [-0.05, 0) is 38.1 Å². The minimum Gasteiger partial charge on any atom is -0.340 e. The van der Waals surface area contributed by atoms with Crippen LogP contribution in [-0.2, 0) is 17.8 Å². The van der Waals surface area contributed by atoms with E-state index in [1.165, 1.54) is 31.4 Å². The average Bonchev–Trinajstić information content (AvgIpc) is 3.10. The van der Waals surface area contributed by atoms with E-state index in [9.17, 15) is 9.18 Å². The number of benzene rings is 1. The Morgan fingerprint density at radius 1 is 1.19 bits per heavy atom. The minimum atomic E-state index is -0.272. The molecule has 26 heavy (non-hydrogen) atoms. The Morgan fingerprint density at radius 2 is 2.04 bits per heavy atom. The van der Waals surface area contributed by atoms with E-state index >= 15 is 0 Å². The highest BCUT2D eigenvalue weighted by Crippen LogP contribution is 2.23. The number of halogens is 1. The van der Waals surface area contributed by atoms with E-state index in [1.54, 1.807) is 6.07 Å². The molecule has 0 atom stereocenters. The van der Waals surface area contributed by atoms with Gasteiger partial charge in [-0.15, -0.1) is 0 Å². The van der Waals surface area contributed by atoms with Crippen molar-refractivity contribution in [3.05, 3.63) is 41.5 Å². The normalized spacial score (nSPS) is 18.0. The van der Waals surface area contributed by atoms with Gasteiger partial charge in [0.25, 0.3) is 0 Å². The van der Waals surface area contributed by atoms with Crippen molar-refractivity contribution in [2.24, 2.45) is 0 Å². The van der Waals surface area contributed by atoms with Gasteiger partial charge in [-0.25, -0.2) is 9.37 Å². The van der Waals surface area contributed by atoms with Gasteiger partial charge >= 0.3 is 0 Å². The van der Waals surface area contributed by atoms with Crippen molar-refractivity contribution in [1.29, 1.82) is 0 Å². The number of aromatic amines is 1. The van der Waals surface area contributed by atoms with Crippen molar-refractivity contribution in [3.63, 3.8) is 0 Å². The Kier molecular flexibility index (Phi) is 5.02. The molecule has 0 bridgehead atoms. The molecule has 5 nitrogen and oxygen atoms in total. The fourth-order valence-electron chi connectivity index (χ4n) is 3.87. The molecule has 1 aromatic heterocycles. The van der Waals surface area contributed by atoms with Crippen LogP contribution in [0.2, 0.25) is 0 Å². The topological polar surface area (TPSA) is 52.2 Å². The monoisotopic (exact) mass is 356 g/mol. The molecule has 1 aromatic carbocycles. The molecule has 0 unspecified atom stereocenters. The van der Waals surface area contributed by atoms with Crippen molar-refractivity contribution >= 4 is 5.91 Å². The fraction of sp³-hybridized carbons (Fsp3) is 0.500. The van der Waals surface area contributed by atoms with E-state index in [4.69, 9.17) is 0 Å². The molecule has 0 aliphatic carbocycles. The van der Waals surface area contributed by atoms with Crippen LogP contribution in [0.4, 0.5) is 4.39 Å². The van der Waals surface area contributed by atoms with Crippen LogP contribution in [0.5, 0.6) is 0 Å². The third-order valence-corrected chi connectivity index (χ3v) is 5.37. The van der Waals surface area contributed by atoms with Gasteiger partial charge in [-0.3, -0.25) is 4.79 Å². The molecule has 138 valence electrons. The van der Waals surface area contributed by atoms with Crippen molar-refractivity contribution < 1.29 is 9.18 Å². The van der Waals surface area contributed by atoms with Gasteiger partial charge < -0.3 is 14.8 Å². The maximum Gasteiger partial charge on any atom is 0.224 e. The minimum absolute atomic E-state index is 0.211. The number of hydrogen-bond donors (Lipinski definition) is 1. The van der Waals surface area contributed by atoms with Crippen LogP contribution < -0.4 is 0 Å². The van der Waals surface area contributed by atoms with Crippen LogP contribution in [0, 0.1) is 5.82 Å². The molecule has 3 heterocycles. The van der Waals surface area contributed by atoms with Crippen LogP contribution in [-0.4, -0.2) is 51.9 Å². The summed E-state index contributed by atoms with van der Waals surface area (Å²) in [6.07, 6.45) is 5.14. The number of hydrogen-bond acceptors (Lipinski definition) is 3. The molecule has 1 fully saturated rings. The van der Waals surface area contributed by atoms with Gasteiger partial charge in [-0.1, -0.05) is 18.6 Å². The smallest absolute Gasteiger partial charge is 0.224 e. The molecule has 1 amide bonds. The quantitative estimate of drug-likeness (QED) is 0.916. The van der Waals surface area contributed by atoms with Crippen LogP contribution in [0.3, 0.4) is 0 Å². The standard InChI is InChI=1S/C20H25FN4O/c21-16-6-4-5-15(13-16)20-22-17-7-12-25(14-18(17)23-20)19(26)8-11-24-9-2-1-3-10-24/h4-6,13H,1-3,7-12,14H2,(H,22,23). The highest BCUT2D eigenvalue weighted by Gasteiger charge is 2.24. The molecule has 0 radical (unpaired) electrons. The van der Waals surface area contributed by atoms with Crippen molar-refractivity contribution in [1.82, 2.24) is 19.8 Å². The van der Waals surface area contributed by atoms with E-state index < -0.39 is 0 Å². The van der Waals surface area contributed by atoms with E-state index in [1.807, 2.05) is 11.0 Å². The molecule has 4 rings (SSSR count). The summed E-state index contributed by atoms with van der Waals surface area (Å²) in [5.41, 5.74) is 2.70. The number of nitrogens with zero attached hydrogens (tertiary/aromatic N) is 3. The maximum absolute atomic E-state index is 13.4. The first-order chi connectivity index (χ1) is 12.7. The second-order valence-electron chi connectivity index (χ2n) is 7.24. The highest BCUT2D eigenvalue weighted by atomic mass is 19.1. The van der Waals surface area contributed by atoms with Crippen LogP contribution in [0.15, 0.2) is 24.3 Å². The molecule has 2 aliphatic rings. The number of amides is 1. The van der Waals surface area contributed by atoms with Crippen LogP contribution >= 0.6 is 0 Å². The molecule has 0 spiro atoms. The van der Waals surface area contributed by atoms with Crippen molar-refractivity contribution in [2.45, 2.75) is 38.6 Å². The number of fused-ring (bicyclic) bond motifs is 1. The van der Waals surface area contributed by atoms with Gasteiger partial charge in [0.2, 0.25) is 5.91 Å². The second kappa shape index (κ2) is 7.58. The molecule has 2 aromatic rings. The molecule has 1 saturated heterocycles. The first-order valence-electron chi connectivity index (χ1n) is 9.53. The zero-order valence-corrected chi connectivity index (χ0v) is 15.0. The van der Waals surface area contributed by atoms with Gasteiger partial charge in [0.15, 0.2) is 0 Å². The summed E-state index contributed by atoms with van der Waals surface area (Å²) in [4.78, 5) is 24.8. The number of piperidine rings is 1. The second-order valence-corrected chi connectivity index (χ2v) is 7.24. The summed E-state index contributed by atoms with van der Waals surface area (Å²) in [5, 5.41) is 0. The molecular weight excluding hydrogens is 331 g/mol. The predicted octanol–water partition coefficient (Wildman–Crippen LogP) is 2.98. The maximum atomic E-state index is 13.4. The van der Waals surface area contributed by atoms with Crippen molar-refractivity contribution in [3.8, 4) is 11.4 Å². The first kappa shape index (κ1) is 17.2. The van der Waals surface area contributed by atoms with Crippen LogP contribution in [0.1, 0.15) is 37.1 Å². The number of aromatic nitrogens is 2. The number of carbonyl (C=O) groups excluding carboxylic acids is 1. The number of imidazole rings is 1. The lowest BCUT2D eigenvalue weighted by Gasteiger charge is -2.29. The molecule has 6 heteroatoms. The third kappa shape index (κ3) is 3.80.